The second-order valence-corrected chi connectivity index (χ2v) is 8.61. The van der Waals surface area contributed by atoms with E-state index in [9.17, 15) is 0 Å². The van der Waals surface area contributed by atoms with E-state index in [1.54, 1.807) is 18.2 Å². The van der Waals surface area contributed by atoms with Crippen LogP contribution in [0.15, 0.2) is 132 Å². The quantitative estimate of drug-likeness (QED) is 0.246. The van der Waals surface area contributed by atoms with Gasteiger partial charge in [0, 0.05) is 24.6 Å². The van der Waals surface area contributed by atoms with Gasteiger partial charge in [-0.05, 0) is 58.9 Å². The van der Waals surface area contributed by atoms with Gasteiger partial charge < -0.3 is 5.32 Å². The number of nitrogens with one attached hydrogen (secondary N) is 1. The SMILES string of the molecule is C=C/C=C(C#N)\C=C/CN/C=C(/C)c1ccccc1/C=C\CC1=CC2C=C3C=CC=CC2C3=C1. The summed E-state index contributed by atoms with van der Waals surface area (Å²) in [7, 11) is 0. The number of nitrogens with zero attached hydrogens (tertiary/aromatic N) is 1. The first kappa shape index (κ1) is 23.1. The van der Waals surface area contributed by atoms with E-state index in [0.717, 1.165) is 6.42 Å². The largest absolute Gasteiger partial charge is 0.387 e. The predicted molar refractivity (Wildman–Crippen MR) is 144 cm³/mol. The van der Waals surface area contributed by atoms with Crippen molar-refractivity contribution in [1.29, 1.82) is 5.26 Å². The van der Waals surface area contributed by atoms with Gasteiger partial charge in [-0.2, -0.15) is 5.26 Å². The molecule has 0 saturated heterocycles. The second-order valence-electron chi connectivity index (χ2n) is 8.61. The highest BCUT2D eigenvalue weighted by Crippen LogP contribution is 2.44. The van der Waals surface area contributed by atoms with Crippen molar-refractivity contribution in [2.45, 2.75) is 13.3 Å². The lowest BCUT2D eigenvalue weighted by Crippen LogP contribution is -2.09. The minimum Gasteiger partial charge on any atom is -0.387 e. The van der Waals surface area contributed by atoms with Crippen LogP contribution in [0, 0.1) is 23.2 Å². The molecule has 34 heavy (non-hydrogen) atoms. The summed E-state index contributed by atoms with van der Waals surface area (Å²) >= 11 is 0. The zero-order valence-corrected chi connectivity index (χ0v) is 19.6. The molecular weight excluding hydrogens is 412 g/mol. The molecule has 2 nitrogen and oxygen atoms in total. The Labute approximate surface area is 203 Å². The van der Waals surface area contributed by atoms with E-state index < -0.39 is 0 Å². The van der Waals surface area contributed by atoms with Gasteiger partial charge in [0.1, 0.15) is 0 Å². The average Bonchev–Trinajstić information content (AvgIpc) is 2.97. The van der Waals surface area contributed by atoms with Gasteiger partial charge in [-0.1, -0.05) is 97.7 Å². The number of allylic oxidation sites excluding steroid dienone is 16. The average molecular weight is 443 g/mol. The van der Waals surface area contributed by atoms with E-state index in [1.807, 2.05) is 12.3 Å². The maximum absolute atomic E-state index is 9.04. The maximum atomic E-state index is 9.04. The molecule has 0 radical (unpaired) electrons. The van der Waals surface area contributed by atoms with Crippen molar-refractivity contribution >= 4 is 11.6 Å². The highest BCUT2D eigenvalue weighted by Gasteiger charge is 2.31. The van der Waals surface area contributed by atoms with E-state index in [1.165, 1.54) is 33.4 Å². The summed E-state index contributed by atoms with van der Waals surface area (Å²) in [5.41, 5.74) is 8.41. The van der Waals surface area contributed by atoms with Crippen molar-refractivity contribution in [2.75, 3.05) is 6.54 Å². The van der Waals surface area contributed by atoms with Crippen LogP contribution in [0.1, 0.15) is 24.5 Å². The summed E-state index contributed by atoms with van der Waals surface area (Å²) < 4.78 is 0. The third-order valence-electron chi connectivity index (χ3n) is 6.25. The Hall–Kier alpha value is -4.09. The summed E-state index contributed by atoms with van der Waals surface area (Å²) in [6, 6.07) is 10.6. The highest BCUT2D eigenvalue weighted by molar-refractivity contribution is 5.73. The van der Waals surface area contributed by atoms with E-state index >= 15 is 0 Å². The Morgan fingerprint density at radius 3 is 2.91 bits per heavy atom. The maximum Gasteiger partial charge on any atom is 0.0991 e. The number of hydrogen-bond acceptors (Lipinski definition) is 2. The Morgan fingerprint density at radius 2 is 2.06 bits per heavy atom. The second kappa shape index (κ2) is 11.2. The van der Waals surface area contributed by atoms with Crippen LogP contribution < -0.4 is 5.32 Å². The lowest BCUT2D eigenvalue weighted by atomic mass is 9.84. The van der Waals surface area contributed by atoms with Crippen molar-refractivity contribution in [3.63, 3.8) is 0 Å². The lowest BCUT2D eigenvalue weighted by molar-refractivity contribution is 0.666. The third-order valence-corrected chi connectivity index (χ3v) is 6.25. The van der Waals surface area contributed by atoms with Crippen LogP contribution >= 0.6 is 0 Å². The molecule has 1 aromatic carbocycles. The van der Waals surface area contributed by atoms with Gasteiger partial charge in [-0.15, -0.1) is 0 Å². The molecule has 0 fully saturated rings. The summed E-state index contributed by atoms with van der Waals surface area (Å²) in [4.78, 5) is 0. The van der Waals surface area contributed by atoms with Crippen LogP contribution in [-0.4, -0.2) is 6.54 Å². The smallest absolute Gasteiger partial charge is 0.0991 e. The van der Waals surface area contributed by atoms with Gasteiger partial charge in [0.15, 0.2) is 0 Å². The van der Waals surface area contributed by atoms with Gasteiger partial charge in [-0.3, -0.25) is 0 Å². The predicted octanol–water partition coefficient (Wildman–Crippen LogP) is 7.40. The summed E-state index contributed by atoms with van der Waals surface area (Å²) in [5.74, 6) is 1.01. The fraction of sp³-hybridized carbons (Fsp3) is 0.156. The molecular formula is C32H30N2. The zero-order chi connectivity index (χ0) is 23.8. The van der Waals surface area contributed by atoms with Crippen LogP contribution in [0.3, 0.4) is 0 Å². The van der Waals surface area contributed by atoms with Crippen molar-refractivity contribution in [3.05, 3.63) is 143 Å². The van der Waals surface area contributed by atoms with Gasteiger partial charge in [0.25, 0.3) is 0 Å². The third kappa shape index (κ3) is 5.45. The molecule has 2 unspecified atom stereocenters. The molecule has 0 saturated carbocycles. The van der Waals surface area contributed by atoms with Crippen molar-refractivity contribution in [3.8, 4) is 6.07 Å². The summed E-state index contributed by atoms with van der Waals surface area (Å²) in [5, 5.41) is 12.4. The zero-order valence-electron chi connectivity index (χ0n) is 19.6. The van der Waals surface area contributed by atoms with E-state index in [0.29, 0.717) is 24.0 Å². The van der Waals surface area contributed by atoms with Crippen molar-refractivity contribution < 1.29 is 0 Å². The molecule has 2 atom stereocenters. The molecule has 1 aromatic rings. The number of benzene rings is 1. The summed E-state index contributed by atoms with van der Waals surface area (Å²) in [6.07, 6.45) is 30.6. The Bertz CT molecular complexity index is 1260. The first-order valence-electron chi connectivity index (χ1n) is 11.7. The molecule has 1 N–H and O–H groups in total. The molecule has 2 heteroatoms. The standard InChI is InChI=1S/C32H30N2/c1-3-10-25(22-33)12-9-18-34-23-24(2)30-16-6-4-13-27(30)15-8-11-26-19-29-21-28-14-5-7-17-31(29)32(28)20-26/h3-10,12-17,19-21,23,29,31,34H,1,11,18H2,2H3/b12-9-,15-8-,24-23-,25-10+. The molecule has 168 valence electrons. The van der Waals surface area contributed by atoms with Gasteiger partial charge in [-0.25, -0.2) is 0 Å². The molecule has 4 bridgehead atoms. The first-order chi connectivity index (χ1) is 16.7. The van der Waals surface area contributed by atoms with Crippen LogP contribution in [-0.2, 0) is 0 Å². The Morgan fingerprint density at radius 1 is 1.18 bits per heavy atom. The number of hydrogen-bond donors (Lipinski definition) is 1. The fourth-order valence-corrected chi connectivity index (χ4v) is 4.61. The van der Waals surface area contributed by atoms with E-state index in [2.05, 4.69) is 104 Å². The van der Waals surface area contributed by atoms with Crippen LogP contribution in [0.2, 0.25) is 0 Å². The molecule has 4 rings (SSSR count). The van der Waals surface area contributed by atoms with Crippen LogP contribution in [0.25, 0.3) is 11.6 Å². The Kier molecular flexibility index (Phi) is 7.58. The van der Waals surface area contributed by atoms with Crippen molar-refractivity contribution in [2.24, 2.45) is 11.8 Å². The molecule has 0 aliphatic heterocycles. The molecule has 0 spiro atoms. The van der Waals surface area contributed by atoms with Gasteiger partial charge in [0.05, 0.1) is 11.6 Å². The highest BCUT2D eigenvalue weighted by atomic mass is 14.8. The molecule has 3 aliphatic rings. The number of nitriles is 1. The van der Waals surface area contributed by atoms with Gasteiger partial charge in [0.2, 0.25) is 0 Å². The molecule has 0 aromatic heterocycles. The molecule has 3 aliphatic carbocycles. The lowest BCUT2D eigenvalue weighted by Gasteiger charge is -2.20. The first-order valence-corrected chi connectivity index (χ1v) is 11.7. The minimum atomic E-state index is 0.494. The monoisotopic (exact) mass is 442 g/mol. The topological polar surface area (TPSA) is 35.8 Å². The summed E-state index contributed by atoms with van der Waals surface area (Å²) in [6.45, 7) is 6.39. The fourth-order valence-electron chi connectivity index (χ4n) is 4.61. The van der Waals surface area contributed by atoms with E-state index in [-0.39, 0.29) is 0 Å². The minimum absolute atomic E-state index is 0.494. The molecule has 0 amide bonds. The number of rotatable bonds is 9. The van der Waals surface area contributed by atoms with Crippen molar-refractivity contribution in [1.82, 2.24) is 5.32 Å². The normalized spacial score (nSPS) is 21.2. The van der Waals surface area contributed by atoms with E-state index in [4.69, 9.17) is 5.26 Å². The van der Waals surface area contributed by atoms with Crippen LogP contribution in [0.5, 0.6) is 0 Å². The molecule has 0 heterocycles. The Balaban J connectivity index is 1.38. The van der Waals surface area contributed by atoms with Crippen LogP contribution in [0.4, 0.5) is 0 Å². The van der Waals surface area contributed by atoms with Gasteiger partial charge >= 0.3 is 0 Å².